The largest absolute Gasteiger partial charge is 0.344 e. The number of carbonyl (C=O) groups excluding carboxylic acids is 2. The third-order valence-corrected chi connectivity index (χ3v) is 5.69. The highest BCUT2D eigenvalue weighted by atomic mass is 32.2. The third kappa shape index (κ3) is 4.30. The van der Waals surface area contributed by atoms with E-state index >= 15 is 0 Å². The minimum Gasteiger partial charge on any atom is -0.344 e. The molecule has 2 N–H and O–H groups in total. The number of thioether (sulfide) groups is 1. The molecule has 6 heteroatoms. The average Bonchev–Trinajstić information content (AvgIpc) is 3.26. The maximum Gasteiger partial charge on any atom is 0.313 e. The standard InChI is InChI=1S/C18H25N3O2S/c1-24-16-8-6-13(7-9-16)19-17(22)18(23)20-14-10-11-21(12-14)15-4-2-3-5-15/h6-9,14-15H,2-5,10-12H2,1H3,(H,19,22)(H,20,23). The molecule has 1 aromatic carbocycles. The normalized spacial score (nSPS) is 21.8. The number of amides is 2. The van der Waals surface area contributed by atoms with E-state index in [2.05, 4.69) is 15.5 Å². The number of nitrogens with one attached hydrogen (secondary N) is 2. The topological polar surface area (TPSA) is 61.4 Å². The summed E-state index contributed by atoms with van der Waals surface area (Å²) in [5.41, 5.74) is 0.645. The first-order valence-corrected chi connectivity index (χ1v) is 9.88. The maximum absolute atomic E-state index is 12.1. The second kappa shape index (κ2) is 8.03. The van der Waals surface area contributed by atoms with Crippen molar-refractivity contribution in [3.05, 3.63) is 24.3 Å². The lowest BCUT2D eigenvalue weighted by Gasteiger charge is -2.23. The van der Waals surface area contributed by atoms with E-state index in [1.165, 1.54) is 25.7 Å². The predicted octanol–water partition coefficient (Wildman–Crippen LogP) is 2.48. The first-order valence-electron chi connectivity index (χ1n) is 8.65. The average molecular weight is 347 g/mol. The zero-order valence-corrected chi connectivity index (χ0v) is 14.9. The molecule has 2 aliphatic rings. The summed E-state index contributed by atoms with van der Waals surface area (Å²) in [4.78, 5) is 27.7. The molecule has 5 nitrogen and oxygen atoms in total. The lowest BCUT2D eigenvalue weighted by atomic mass is 10.2. The highest BCUT2D eigenvalue weighted by Crippen LogP contribution is 2.26. The van der Waals surface area contributed by atoms with Crippen LogP contribution in [0.1, 0.15) is 32.1 Å². The van der Waals surface area contributed by atoms with Crippen LogP contribution in [0.25, 0.3) is 0 Å². The summed E-state index contributed by atoms with van der Waals surface area (Å²) < 4.78 is 0. The van der Waals surface area contributed by atoms with Gasteiger partial charge >= 0.3 is 11.8 Å². The number of anilines is 1. The van der Waals surface area contributed by atoms with Crippen LogP contribution in [0.3, 0.4) is 0 Å². The van der Waals surface area contributed by atoms with Crippen molar-refractivity contribution < 1.29 is 9.59 Å². The number of likely N-dealkylation sites (tertiary alicyclic amines) is 1. The fourth-order valence-corrected chi connectivity index (χ4v) is 4.03. The van der Waals surface area contributed by atoms with Gasteiger partial charge in [-0.3, -0.25) is 14.5 Å². The summed E-state index contributed by atoms with van der Waals surface area (Å²) in [5.74, 6) is -1.13. The first-order chi connectivity index (χ1) is 11.7. The Balaban J connectivity index is 1.46. The molecule has 1 aliphatic heterocycles. The molecule has 130 valence electrons. The number of carbonyl (C=O) groups is 2. The smallest absolute Gasteiger partial charge is 0.313 e. The monoisotopic (exact) mass is 347 g/mol. The third-order valence-electron chi connectivity index (χ3n) is 4.95. The Bertz CT molecular complexity index is 584. The fraction of sp³-hybridized carbons (Fsp3) is 0.556. The van der Waals surface area contributed by atoms with E-state index in [0.29, 0.717) is 11.7 Å². The molecule has 1 aromatic rings. The summed E-state index contributed by atoms with van der Waals surface area (Å²) >= 11 is 1.64. The van der Waals surface area contributed by atoms with Gasteiger partial charge in [0.2, 0.25) is 0 Å². The quantitative estimate of drug-likeness (QED) is 0.649. The number of nitrogens with zero attached hydrogens (tertiary/aromatic N) is 1. The van der Waals surface area contributed by atoms with Gasteiger partial charge in [-0.25, -0.2) is 0 Å². The molecule has 1 aliphatic carbocycles. The Hall–Kier alpha value is -1.53. The van der Waals surface area contributed by atoms with E-state index in [0.717, 1.165) is 24.4 Å². The molecular weight excluding hydrogens is 322 g/mol. The molecule has 1 atom stereocenters. The summed E-state index contributed by atoms with van der Waals surface area (Å²) in [6.07, 6.45) is 8.10. The molecule has 2 fully saturated rings. The summed E-state index contributed by atoms with van der Waals surface area (Å²) in [5, 5.41) is 5.54. The van der Waals surface area contributed by atoms with Crippen molar-refractivity contribution in [3.8, 4) is 0 Å². The van der Waals surface area contributed by atoms with Crippen LogP contribution < -0.4 is 10.6 Å². The second-order valence-corrected chi connectivity index (χ2v) is 7.45. The molecule has 0 spiro atoms. The van der Waals surface area contributed by atoms with Crippen LogP contribution >= 0.6 is 11.8 Å². The summed E-state index contributed by atoms with van der Waals surface area (Å²) in [6.45, 7) is 1.89. The number of rotatable bonds is 4. The van der Waals surface area contributed by atoms with E-state index < -0.39 is 11.8 Å². The Morgan fingerprint density at radius 1 is 1.08 bits per heavy atom. The predicted molar refractivity (Wildman–Crippen MR) is 97.2 cm³/mol. The van der Waals surface area contributed by atoms with Gasteiger partial charge in [-0.1, -0.05) is 12.8 Å². The highest BCUT2D eigenvalue weighted by molar-refractivity contribution is 7.98. The van der Waals surface area contributed by atoms with Crippen LogP contribution in [0, 0.1) is 0 Å². The van der Waals surface area contributed by atoms with Gasteiger partial charge in [0.15, 0.2) is 0 Å². The molecule has 1 unspecified atom stereocenters. The minimum atomic E-state index is -0.591. The van der Waals surface area contributed by atoms with E-state index in [1.54, 1.807) is 11.8 Å². The lowest BCUT2D eigenvalue weighted by Crippen LogP contribution is -2.43. The van der Waals surface area contributed by atoms with Crippen molar-refractivity contribution >= 4 is 29.3 Å². The molecule has 1 saturated carbocycles. The maximum atomic E-state index is 12.1. The van der Waals surface area contributed by atoms with Crippen molar-refractivity contribution in [2.75, 3.05) is 24.7 Å². The number of hydrogen-bond donors (Lipinski definition) is 2. The van der Waals surface area contributed by atoms with Crippen LogP contribution in [0.5, 0.6) is 0 Å². The van der Waals surface area contributed by atoms with Crippen LogP contribution in [0.2, 0.25) is 0 Å². The lowest BCUT2D eigenvalue weighted by molar-refractivity contribution is -0.136. The van der Waals surface area contributed by atoms with Gasteiger partial charge in [0.05, 0.1) is 0 Å². The van der Waals surface area contributed by atoms with Gasteiger partial charge in [-0.05, 0) is 49.8 Å². The first kappa shape index (κ1) is 17.3. The zero-order valence-electron chi connectivity index (χ0n) is 14.1. The van der Waals surface area contributed by atoms with E-state index in [-0.39, 0.29) is 6.04 Å². The van der Waals surface area contributed by atoms with E-state index in [9.17, 15) is 9.59 Å². The molecule has 0 radical (unpaired) electrons. The highest BCUT2D eigenvalue weighted by Gasteiger charge is 2.31. The van der Waals surface area contributed by atoms with Crippen LogP contribution in [-0.4, -0.2) is 48.1 Å². The van der Waals surface area contributed by atoms with E-state index in [4.69, 9.17) is 0 Å². The molecule has 24 heavy (non-hydrogen) atoms. The molecular formula is C18H25N3O2S. The van der Waals surface area contributed by atoms with Crippen LogP contribution in [0.4, 0.5) is 5.69 Å². The molecule has 2 amide bonds. The molecule has 1 saturated heterocycles. The minimum absolute atomic E-state index is 0.0858. The fourth-order valence-electron chi connectivity index (χ4n) is 3.62. The van der Waals surface area contributed by atoms with Crippen molar-refractivity contribution in [1.82, 2.24) is 10.2 Å². The van der Waals surface area contributed by atoms with Crippen molar-refractivity contribution in [3.63, 3.8) is 0 Å². The van der Waals surface area contributed by atoms with Crippen molar-refractivity contribution in [2.24, 2.45) is 0 Å². The molecule has 0 aromatic heterocycles. The van der Waals surface area contributed by atoms with Gasteiger partial charge < -0.3 is 10.6 Å². The van der Waals surface area contributed by atoms with Crippen molar-refractivity contribution in [1.29, 1.82) is 0 Å². The number of benzene rings is 1. The SMILES string of the molecule is CSc1ccc(NC(=O)C(=O)NC2CCN(C3CCCC3)C2)cc1. The summed E-state index contributed by atoms with van der Waals surface area (Å²) in [6, 6.07) is 8.24. The molecule has 3 rings (SSSR count). The number of hydrogen-bond acceptors (Lipinski definition) is 4. The van der Waals surface area contributed by atoms with Gasteiger partial charge in [-0.15, -0.1) is 11.8 Å². The van der Waals surface area contributed by atoms with Gasteiger partial charge in [0.1, 0.15) is 0 Å². The molecule has 0 bridgehead atoms. The van der Waals surface area contributed by atoms with Crippen LogP contribution in [0.15, 0.2) is 29.2 Å². The Labute approximate surface area is 147 Å². The van der Waals surface area contributed by atoms with Crippen molar-refractivity contribution in [2.45, 2.75) is 49.1 Å². The summed E-state index contributed by atoms with van der Waals surface area (Å²) in [7, 11) is 0. The Morgan fingerprint density at radius 2 is 1.79 bits per heavy atom. The Kier molecular flexibility index (Phi) is 5.79. The van der Waals surface area contributed by atoms with Gasteiger partial charge in [0.25, 0.3) is 0 Å². The Morgan fingerprint density at radius 3 is 2.46 bits per heavy atom. The second-order valence-electron chi connectivity index (χ2n) is 6.57. The van der Waals surface area contributed by atoms with Crippen LogP contribution in [-0.2, 0) is 9.59 Å². The van der Waals surface area contributed by atoms with E-state index in [1.807, 2.05) is 30.5 Å². The molecule has 1 heterocycles. The van der Waals surface area contributed by atoms with Gasteiger partial charge in [-0.2, -0.15) is 0 Å². The van der Waals surface area contributed by atoms with Gasteiger partial charge in [0, 0.05) is 35.8 Å². The zero-order chi connectivity index (χ0) is 16.9.